The van der Waals surface area contributed by atoms with Crippen molar-refractivity contribution in [1.29, 1.82) is 0 Å². The van der Waals surface area contributed by atoms with Crippen LogP contribution in [0, 0.1) is 5.82 Å². The van der Waals surface area contributed by atoms with Crippen molar-refractivity contribution in [2.75, 3.05) is 0 Å². The number of aromatic hydroxyl groups is 1. The normalized spacial score (nSPS) is 10.5. The van der Waals surface area contributed by atoms with E-state index in [0.717, 1.165) is 6.07 Å². The summed E-state index contributed by atoms with van der Waals surface area (Å²) in [6.45, 7) is 0. The minimum absolute atomic E-state index is 0.279. The molecular formula is C9H6FNO2. The Kier molecular flexibility index (Phi) is 1.55. The third-order valence-electron chi connectivity index (χ3n) is 1.83. The van der Waals surface area contributed by atoms with E-state index in [-0.39, 0.29) is 5.56 Å². The standard InChI is InChI=1S/C9H6FNO2/c10-6-2-3-7-5(9(6)13)1-4-8(12)11-7/h1-4,13H,(H,11,12). The average Bonchev–Trinajstić information content (AvgIpc) is 2.12. The summed E-state index contributed by atoms with van der Waals surface area (Å²) in [4.78, 5) is 13.3. The minimum Gasteiger partial charge on any atom is -0.504 e. The molecule has 2 N–H and O–H groups in total. The highest BCUT2D eigenvalue weighted by molar-refractivity contribution is 5.84. The molecule has 0 atom stereocenters. The van der Waals surface area contributed by atoms with Crippen LogP contribution in [0.4, 0.5) is 4.39 Å². The lowest BCUT2D eigenvalue weighted by Crippen LogP contribution is -2.02. The molecule has 0 amide bonds. The Hall–Kier alpha value is -1.84. The Morgan fingerprint density at radius 2 is 2.00 bits per heavy atom. The summed E-state index contributed by atoms with van der Waals surface area (Å²) >= 11 is 0. The number of phenolic OH excluding ortho intramolecular Hbond substituents is 1. The Morgan fingerprint density at radius 1 is 1.23 bits per heavy atom. The lowest BCUT2D eigenvalue weighted by Gasteiger charge is -2.00. The Labute approximate surface area is 72.5 Å². The zero-order valence-electron chi connectivity index (χ0n) is 6.54. The number of rotatable bonds is 0. The van der Waals surface area contributed by atoms with Gasteiger partial charge in [0.1, 0.15) is 0 Å². The number of aromatic amines is 1. The number of fused-ring (bicyclic) bond motifs is 1. The van der Waals surface area contributed by atoms with E-state index < -0.39 is 11.6 Å². The molecule has 2 aromatic rings. The van der Waals surface area contributed by atoms with Crippen LogP contribution in [0.5, 0.6) is 5.75 Å². The summed E-state index contributed by atoms with van der Waals surface area (Å²) in [6, 6.07) is 5.13. The molecule has 0 bridgehead atoms. The molecule has 1 aromatic heterocycles. The lowest BCUT2D eigenvalue weighted by atomic mass is 10.2. The molecule has 3 nitrogen and oxygen atoms in total. The predicted molar refractivity (Wildman–Crippen MR) is 46.2 cm³/mol. The third-order valence-corrected chi connectivity index (χ3v) is 1.83. The maximum Gasteiger partial charge on any atom is 0.248 e. The maximum atomic E-state index is 12.8. The average molecular weight is 179 g/mol. The summed E-state index contributed by atoms with van der Waals surface area (Å²) in [5.41, 5.74) is 0.143. The van der Waals surface area contributed by atoms with Crippen molar-refractivity contribution in [3.63, 3.8) is 0 Å². The number of halogens is 1. The molecule has 0 aliphatic rings. The second kappa shape index (κ2) is 2.58. The van der Waals surface area contributed by atoms with Crippen molar-refractivity contribution in [3.8, 4) is 5.75 Å². The Morgan fingerprint density at radius 3 is 2.77 bits per heavy atom. The van der Waals surface area contributed by atoms with Gasteiger partial charge >= 0.3 is 0 Å². The number of hydrogen-bond donors (Lipinski definition) is 2. The topological polar surface area (TPSA) is 53.1 Å². The van der Waals surface area contributed by atoms with E-state index in [1.54, 1.807) is 0 Å². The number of aromatic nitrogens is 1. The van der Waals surface area contributed by atoms with Crippen molar-refractivity contribution in [2.45, 2.75) is 0 Å². The van der Waals surface area contributed by atoms with Gasteiger partial charge in [-0.1, -0.05) is 0 Å². The van der Waals surface area contributed by atoms with Crippen LogP contribution in [0.3, 0.4) is 0 Å². The summed E-state index contributed by atoms with van der Waals surface area (Å²) in [7, 11) is 0. The minimum atomic E-state index is -0.695. The van der Waals surface area contributed by atoms with Crippen LogP contribution in [0.25, 0.3) is 10.9 Å². The van der Waals surface area contributed by atoms with Crippen LogP contribution in [-0.4, -0.2) is 10.1 Å². The van der Waals surface area contributed by atoms with Gasteiger partial charge in [-0.05, 0) is 18.2 Å². The van der Waals surface area contributed by atoms with Gasteiger partial charge in [0.2, 0.25) is 5.56 Å². The van der Waals surface area contributed by atoms with Crippen LogP contribution in [0.15, 0.2) is 29.1 Å². The first kappa shape index (κ1) is 7.79. The second-order valence-electron chi connectivity index (χ2n) is 2.68. The van der Waals surface area contributed by atoms with Gasteiger partial charge < -0.3 is 10.1 Å². The summed E-state index contributed by atoms with van der Waals surface area (Å²) in [5.74, 6) is -1.13. The molecule has 2 rings (SSSR count). The molecule has 0 saturated heterocycles. The molecule has 66 valence electrons. The molecule has 13 heavy (non-hydrogen) atoms. The fourth-order valence-corrected chi connectivity index (χ4v) is 1.19. The molecule has 0 aliphatic carbocycles. The molecule has 0 radical (unpaired) electrons. The van der Waals surface area contributed by atoms with Gasteiger partial charge in [0.15, 0.2) is 11.6 Å². The number of benzene rings is 1. The quantitative estimate of drug-likeness (QED) is 0.641. The first-order chi connectivity index (χ1) is 6.18. The number of phenols is 1. The van der Waals surface area contributed by atoms with E-state index in [0.29, 0.717) is 10.9 Å². The van der Waals surface area contributed by atoms with E-state index in [4.69, 9.17) is 0 Å². The van der Waals surface area contributed by atoms with Crippen LogP contribution < -0.4 is 5.56 Å². The smallest absolute Gasteiger partial charge is 0.248 e. The van der Waals surface area contributed by atoms with Crippen molar-refractivity contribution < 1.29 is 9.50 Å². The number of hydrogen-bond acceptors (Lipinski definition) is 2. The molecule has 0 aliphatic heterocycles. The highest BCUT2D eigenvalue weighted by atomic mass is 19.1. The van der Waals surface area contributed by atoms with Gasteiger partial charge in [0.25, 0.3) is 0 Å². The van der Waals surface area contributed by atoms with Gasteiger partial charge in [0.05, 0.1) is 5.52 Å². The first-order valence-electron chi connectivity index (χ1n) is 3.69. The predicted octanol–water partition coefficient (Wildman–Crippen LogP) is 1.37. The van der Waals surface area contributed by atoms with Crippen LogP contribution in [-0.2, 0) is 0 Å². The molecule has 1 aromatic carbocycles. The summed E-state index contributed by atoms with van der Waals surface area (Å²) in [5, 5.41) is 9.56. The first-order valence-corrected chi connectivity index (χ1v) is 3.69. The highest BCUT2D eigenvalue weighted by Gasteiger charge is 2.05. The summed E-state index contributed by atoms with van der Waals surface area (Å²) in [6.07, 6.45) is 0. The molecule has 0 unspecified atom stereocenters. The van der Waals surface area contributed by atoms with Crippen molar-refractivity contribution in [3.05, 3.63) is 40.4 Å². The second-order valence-corrected chi connectivity index (χ2v) is 2.68. The largest absolute Gasteiger partial charge is 0.504 e. The van der Waals surface area contributed by atoms with Crippen LogP contribution in [0.2, 0.25) is 0 Å². The van der Waals surface area contributed by atoms with E-state index in [1.807, 2.05) is 0 Å². The van der Waals surface area contributed by atoms with E-state index in [2.05, 4.69) is 4.98 Å². The number of H-pyrrole nitrogens is 1. The van der Waals surface area contributed by atoms with Gasteiger partial charge in [-0.25, -0.2) is 4.39 Å². The molecule has 1 heterocycles. The van der Waals surface area contributed by atoms with Crippen molar-refractivity contribution in [2.24, 2.45) is 0 Å². The Bertz CT molecular complexity index is 518. The van der Waals surface area contributed by atoms with Gasteiger partial charge in [-0.2, -0.15) is 0 Å². The lowest BCUT2D eigenvalue weighted by molar-refractivity contribution is 0.438. The van der Waals surface area contributed by atoms with E-state index >= 15 is 0 Å². The fraction of sp³-hybridized carbons (Fsp3) is 0. The zero-order chi connectivity index (χ0) is 9.42. The van der Waals surface area contributed by atoms with Crippen molar-refractivity contribution >= 4 is 10.9 Å². The van der Waals surface area contributed by atoms with Gasteiger partial charge in [-0.3, -0.25) is 4.79 Å². The molecule has 4 heteroatoms. The van der Waals surface area contributed by atoms with Crippen LogP contribution >= 0.6 is 0 Å². The molecule has 0 fully saturated rings. The summed E-state index contributed by atoms with van der Waals surface area (Å²) < 4.78 is 12.8. The molecule has 0 spiro atoms. The van der Waals surface area contributed by atoms with Crippen molar-refractivity contribution in [1.82, 2.24) is 4.98 Å². The number of pyridine rings is 1. The van der Waals surface area contributed by atoms with E-state index in [1.165, 1.54) is 18.2 Å². The van der Waals surface area contributed by atoms with Gasteiger partial charge in [0, 0.05) is 11.5 Å². The monoisotopic (exact) mass is 179 g/mol. The van der Waals surface area contributed by atoms with Gasteiger partial charge in [-0.15, -0.1) is 0 Å². The fourth-order valence-electron chi connectivity index (χ4n) is 1.19. The Balaban J connectivity index is 2.95. The van der Waals surface area contributed by atoms with E-state index in [9.17, 15) is 14.3 Å². The third kappa shape index (κ3) is 1.16. The molecular weight excluding hydrogens is 173 g/mol. The highest BCUT2D eigenvalue weighted by Crippen LogP contribution is 2.24. The SMILES string of the molecule is O=c1ccc2c(O)c(F)ccc2[nH]1. The molecule has 0 saturated carbocycles. The zero-order valence-corrected chi connectivity index (χ0v) is 6.54. The van der Waals surface area contributed by atoms with Crippen LogP contribution in [0.1, 0.15) is 0 Å². The number of nitrogens with one attached hydrogen (secondary N) is 1. The maximum absolute atomic E-state index is 12.8.